The van der Waals surface area contributed by atoms with Gasteiger partial charge < -0.3 is 9.32 Å². The molecule has 0 spiro atoms. The molecule has 1 aliphatic rings. The molecule has 0 N–H and O–H groups in total. The van der Waals surface area contributed by atoms with Crippen LogP contribution < -0.4 is 0 Å². The molecule has 1 amide bonds. The van der Waals surface area contributed by atoms with Crippen molar-refractivity contribution in [2.24, 2.45) is 0 Å². The lowest BCUT2D eigenvalue weighted by Crippen LogP contribution is -2.30. The summed E-state index contributed by atoms with van der Waals surface area (Å²) in [5.41, 5.74) is 1.99. The summed E-state index contributed by atoms with van der Waals surface area (Å²) in [5.74, 6) is 3.75. The van der Waals surface area contributed by atoms with Gasteiger partial charge in [-0.3, -0.25) is 4.79 Å². The Bertz CT molecular complexity index is 691. The summed E-state index contributed by atoms with van der Waals surface area (Å²) in [6, 6.07) is 11.5. The third-order valence-electron chi connectivity index (χ3n) is 3.93. The van der Waals surface area contributed by atoms with E-state index in [0.717, 1.165) is 36.3 Å². The van der Waals surface area contributed by atoms with Crippen molar-refractivity contribution in [3.05, 3.63) is 59.0 Å². The Hall–Kier alpha value is -2.47. The molecule has 3 heteroatoms. The predicted molar refractivity (Wildman–Crippen MR) is 80.8 cm³/mol. The van der Waals surface area contributed by atoms with Crippen LogP contribution in [0.1, 0.15) is 46.3 Å². The first-order valence-corrected chi connectivity index (χ1v) is 7.13. The maximum atomic E-state index is 12.6. The van der Waals surface area contributed by atoms with Crippen LogP contribution in [0.5, 0.6) is 0 Å². The highest BCUT2D eigenvalue weighted by molar-refractivity contribution is 5.92. The van der Waals surface area contributed by atoms with E-state index in [-0.39, 0.29) is 11.9 Å². The van der Waals surface area contributed by atoms with E-state index in [1.807, 2.05) is 42.2 Å². The summed E-state index contributed by atoms with van der Waals surface area (Å²) in [5, 5.41) is 0. The fraction of sp³-hybridized carbons (Fsp3) is 0.278. The number of hydrogen-bond donors (Lipinski definition) is 0. The Balaban J connectivity index is 1.85. The topological polar surface area (TPSA) is 33.5 Å². The second kappa shape index (κ2) is 5.49. The van der Waals surface area contributed by atoms with Crippen LogP contribution in [-0.4, -0.2) is 17.4 Å². The number of nitrogens with zero attached hydrogens (tertiary/aromatic N) is 1. The largest absolute Gasteiger partial charge is 0.456 e. The Labute approximate surface area is 124 Å². The van der Waals surface area contributed by atoms with Crippen LogP contribution in [0.2, 0.25) is 0 Å². The first kappa shape index (κ1) is 13.5. The second-order valence-electron chi connectivity index (χ2n) is 5.33. The van der Waals surface area contributed by atoms with Crippen molar-refractivity contribution in [1.82, 2.24) is 4.90 Å². The third kappa shape index (κ3) is 2.57. The molecule has 1 fully saturated rings. The normalized spacial score (nSPS) is 17.7. The van der Waals surface area contributed by atoms with E-state index < -0.39 is 0 Å². The van der Waals surface area contributed by atoms with Gasteiger partial charge in [-0.1, -0.05) is 18.1 Å². The minimum atomic E-state index is -0.0355. The molecule has 1 atom stereocenters. The number of furan rings is 1. The third-order valence-corrected chi connectivity index (χ3v) is 3.93. The van der Waals surface area contributed by atoms with E-state index in [0.29, 0.717) is 5.76 Å². The Morgan fingerprint density at radius 1 is 1.29 bits per heavy atom. The van der Waals surface area contributed by atoms with Gasteiger partial charge in [0, 0.05) is 12.1 Å². The first-order valence-electron chi connectivity index (χ1n) is 7.13. The van der Waals surface area contributed by atoms with E-state index in [2.05, 4.69) is 5.92 Å². The van der Waals surface area contributed by atoms with E-state index in [1.165, 1.54) is 0 Å². The average molecular weight is 279 g/mol. The molecule has 1 aromatic heterocycles. The molecule has 1 aromatic carbocycles. The lowest BCUT2D eigenvalue weighted by Gasteiger charge is -2.24. The quantitative estimate of drug-likeness (QED) is 0.788. The molecule has 3 nitrogen and oxygen atoms in total. The van der Waals surface area contributed by atoms with E-state index in [1.54, 1.807) is 6.07 Å². The van der Waals surface area contributed by atoms with Crippen LogP contribution >= 0.6 is 0 Å². The molecule has 2 heterocycles. The van der Waals surface area contributed by atoms with Crippen molar-refractivity contribution in [3.8, 4) is 12.3 Å². The smallest absolute Gasteiger partial charge is 0.290 e. The average Bonchev–Trinajstić information content (AvgIpc) is 3.15. The number of rotatable bonds is 2. The van der Waals surface area contributed by atoms with Crippen LogP contribution in [-0.2, 0) is 0 Å². The summed E-state index contributed by atoms with van der Waals surface area (Å²) in [7, 11) is 0. The van der Waals surface area contributed by atoms with Crippen LogP contribution in [0.15, 0.2) is 40.8 Å². The fourth-order valence-electron chi connectivity index (χ4n) is 2.85. The van der Waals surface area contributed by atoms with Crippen molar-refractivity contribution in [1.29, 1.82) is 0 Å². The standard InChI is InChI=1S/C18H17NO2/c1-3-14-7-9-15(10-8-14)16-5-4-12-19(16)18(20)17-11-6-13(2)21-17/h1,6-11,16H,4-5,12H2,2H3. The molecule has 1 saturated heterocycles. The molecule has 2 aromatic rings. The van der Waals surface area contributed by atoms with Crippen LogP contribution in [0.3, 0.4) is 0 Å². The highest BCUT2D eigenvalue weighted by Crippen LogP contribution is 2.33. The molecule has 0 bridgehead atoms. The minimum absolute atomic E-state index is 0.0355. The highest BCUT2D eigenvalue weighted by Gasteiger charge is 2.31. The number of benzene rings is 1. The minimum Gasteiger partial charge on any atom is -0.456 e. The molecule has 1 aliphatic heterocycles. The van der Waals surface area contributed by atoms with E-state index in [4.69, 9.17) is 10.8 Å². The fourth-order valence-corrected chi connectivity index (χ4v) is 2.85. The van der Waals surface area contributed by atoms with Gasteiger partial charge in [-0.05, 0) is 49.6 Å². The number of terminal acetylenes is 1. The summed E-state index contributed by atoms with van der Waals surface area (Å²) in [6.45, 7) is 2.61. The van der Waals surface area contributed by atoms with Gasteiger partial charge in [0.05, 0.1) is 6.04 Å². The molecular weight excluding hydrogens is 262 g/mol. The number of aryl methyl sites for hydroxylation is 1. The Morgan fingerprint density at radius 3 is 2.67 bits per heavy atom. The number of amides is 1. The molecule has 106 valence electrons. The molecule has 0 aliphatic carbocycles. The van der Waals surface area contributed by atoms with Crippen molar-refractivity contribution in [2.45, 2.75) is 25.8 Å². The number of carbonyl (C=O) groups is 1. The molecule has 3 rings (SSSR count). The number of carbonyl (C=O) groups excluding carboxylic acids is 1. The predicted octanol–water partition coefficient (Wildman–Crippen LogP) is 3.55. The molecule has 1 unspecified atom stereocenters. The summed E-state index contributed by atoms with van der Waals surface area (Å²) in [6.07, 6.45) is 7.36. The zero-order valence-corrected chi connectivity index (χ0v) is 12.0. The van der Waals surface area contributed by atoms with Gasteiger partial charge in [0.1, 0.15) is 5.76 Å². The van der Waals surface area contributed by atoms with Crippen LogP contribution in [0.4, 0.5) is 0 Å². The van der Waals surface area contributed by atoms with Crippen molar-refractivity contribution in [3.63, 3.8) is 0 Å². The van der Waals surface area contributed by atoms with Gasteiger partial charge in [-0.25, -0.2) is 0 Å². The van der Waals surface area contributed by atoms with Gasteiger partial charge in [-0.2, -0.15) is 0 Å². The van der Waals surface area contributed by atoms with Gasteiger partial charge in [-0.15, -0.1) is 6.42 Å². The maximum Gasteiger partial charge on any atom is 0.290 e. The summed E-state index contributed by atoms with van der Waals surface area (Å²) < 4.78 is 5.46. The lowest BCUT2D eigenvalue weighted by atomic mass is 10.0. The Morgan fingerprint density at radius 2 is 2.05 bits per heavy atom. The van der Waals surface area contributed by atoms with Crippen molar-refractivity contribution in [2.75, 3.05) is 6.54 Å². The summed E-state index contributed by atoms with van der Waals surface area (Å²) in [4.78, 5) is 14.5. The van der Waals surface area contributed by atoms with E-state index >= 15 is 0 Å². The molecule has 21 heavy (non-hydrogen) atoms. The monoisotopic (exact) mass is 279 g/mol. The lowest BCUT2D eigenvalue weighted by molar-refractivity contribution is 0.0702. The van der Waals surface area contributed by atoms with Gasteiger partial charge in [0.15, 0.2) is 5.76 Å². The SMILES string of the molecule is C#Cc1ccc(C2CCCN2C(=O)c2ccc(C)o2)cc1. The number of likely N-dealkylation sites (tertiary alicyclic amines) is 1. The van der Waals surface area contributed by atoms with Crippen molar-refractivity contribution >= 4 is 5.91 Å². The van der Waals surface area contributed by atoms with Crippen LogP contribution in [0, 0.1) is 19.3 Å². The zero-order chi connectivity index (χ0) is 14.8. The highest BCUT2D eigenvalue weighted by atomic mass is 16.3. The number of hydrogen-bond acceptors (Lipinski definition) is 2. The van der Waals surface area contributed by atoms with Gasteiger partial charge in [0.2, 0.25) is 0 Å². The molecule has 0 saturated carbocycles. The first-order chi connectivity index (χ1) is 10.2. The van der Waals surface area contributed by atoms with Crippen molar-refractivity contribution < 1.29 is 9.21 Å². The van der Waals surface area contributed by atoms with Crippen LogP contribution in [0.25, 0.3) is 0 Å². The zero-order valence-electron chi connectivity index (χ0n) is 12.0. The van der Waals surface area contributed by atoms with Gasteiger partial charge in [0.25, 0.3) is 5.91 Å². The van der Waals surface area contributed by atoms with E-state index in [9.17, 15) is 4.79 Å². The maximum absolute atomic E-state index is 12.6. The summed E-state index contributed by atoms with van der Waals surface area (Å²) >= 11 is 0. The second-order valence-corrected chi connectivity index (χ2v) is 5.33. The molecular formula is C18H17NO2. The van der Waals surface area contributed by atoms with Gasteiger partial charge >= 0.3 is 0 Å². The molecule has 0 radical (unpaired) electrons. The Kier molecular flexibility index (Phi) is 3.53.